The smallest absolute Gasteiger partial charge is 0.249 e. The molecule has 0 spiro atoms. The highest BCUT2D eigenvalue weighted by atomic mass is 35.5. The topological polar surface area (TPSA) is 71.7 Å². The van der Waals surface area contributed by atoms with Crippen molar-refractivity contribution < 1.29 is 9.53 Å². The summed E-state index contributed by atoms with van der Waals surface area (Å²) in [7, 11) is 0. The number of amides is 1. The number of rotatable bonds is 10. The van der Waals surface area contributed by atoms with E-state index in [2.05, 4.69) is 19.9 Å². The Morgan fingerprint density at radius 1 is 1.09 bits per heavy atom. The molecule has 2 aliphatic rings. The van der Waals surface area contributed by atoms with Gasteiger partial charge in [-0.2, -0.15) is 0 Å². The number of fused-ring (bicyclic) bond motifs is 2. The van der Waals surface area contributed by atoms with E-state index >= 15 is 0 Å². The van der Waals surface area contributed by atoms with Gasteiger partial charge in [0.25, 0.3) is 0 Å². The molecule has 0 saturated carbocycles. The second-order valence-corrected chi connectivity index (χ2v) is 9.07. The monoisotopic (exact) mass is 477 g/mol. The standard InChI is InChI=1S/C26H28ClN5O2/c27-24-20-17-32-22(16-19-8-4-3-5-9-19)25(33)30-26(32)29-21(20)10-11-23(24)34-15-7-2-1-6-13-31-14-12-28-18-31/h3-5,8-12,14,18,22H,1-2,6-7,13,15-17H2,(H,29,30,33). The number of unbranched alkanes of at least 4 members (excludes halogenated alkanes) is 3. The molecule has 1 atom stereocenters. The first-order chi connectivity index (χ1) is 16.7. The van der Waals surface area contributed by atoms with Gasteiger partial charge in [0.2, 0.25) is 11.9 Å². The summed E-state index contributed by atoms with van der Waals surface area (Å²) in [5, 5.41) is 3.51. The highest BCUT2D eigenvalue weighted by molar-refractivity contribution is 6.33. The third-order valence-electron chi connectivity index (χ3n) is 6.32. The van der Waals surface area contributed by atoms with Crippen LogP contribution in [0, 0.1) is 0 Å². The van der Waals surface area contributed by atoms with Crippen LogP contribution in [-0.2, 0) is 24.3 Å². The average Bonchev–Trinajstić information content (AvgIpc) is 3.47. The Hall–Kier alpha value is -3.32. The molecule has 0 aliphatic carbocycles. The lowest BCUT2D eigenvalue weighted by atomic mass is 10.0. The summed E-state index contributed by atoms with van der Waals surface area (Å²) in [6.07, 6.45) is 10.6. The zero-order chi connectivity index (χ0) is 23.3. The highest BCUT2D eigenvalue weighted by Crippen LogP contribution is 2.39. The van der Waals surface area contributed by atoms with Crippen LogP contribution >= 0.6 is 11.6 Å². The molecular weight excluding hydrogens is 450 g/mol. The van der Waals surface area contributed by atoms with Crippen LogP contribution in [-0.4, -0.2) is 39.0 Å². The zero-order valence-corrected chi connectivity index (χ0v) is 19.7. The van der Waals surface area contributed by atoms with E-state index in [9.17, 15) is 4.79 Å². The van der Waals surface area contributed by atoms with Crippen molar-refractivity contribution in [2.45, 2.75) is 51.2 Å². The van der Waals surface area contributed by atoms with Gasteiger partial charge in [-0.15, -0.1) is 0 Å². The molecule has 34 heavy (non-hydrogen) atoms. The molecule has 7 nitrogen and oxygen atoms in total. The van der Waals surface area contributed by atoms with Crippen molar-refractivity contribution in [3.63, 3.8) is 0 Å². The van der Waals surface area contributed by atoms with Gasteiger partial charge in [-0.05, 0) is 30.5 Å². The fraction of sp³-hybridized carbons (Fsp3) is 0.346. The Balaban J connectivity index is 1.17. The molecule has 3 heterocycles. The van der Waals surface area contributed by atoms with Crippen LogP contribution in [0.3, 0.4) is 0 Å². The Labute approximate surface area is 204 Å². The van der Waals surface area contributed by atoms with Gasteiger partial charge in [0.15, 0.2) is 0 Å². The number of halogens is 1. The maximum absolute atomic E-state index is 12.7. The summed E-state index contributed by atoms with van der Waals surface area (Å²) in [5.41, 5.74) is 2.80. The molecule has 1 N–H and O–H groups in total. The fourth-order valence-electron chi connectivity index (χ4n) is 4.46. The van der Waals surface area contributed by atoms with E-state index in [1.54, 1.807) is 0 Å². The number of carbonyl (C=O) groups excluding carboxylic acids is 1. The van der Waals surface area contributed by atoms with Crippen LogP contribution in [0.15, 0.2) is 66.2 Å². The Morgan fingerprint density at radius 3 is 2.76 bits per heavy atom. The number of aromatic nitrogens is 2. The van der Waals surface area contributed by atoms with E-state index < -0.39 is 0 Å². The van der Waals surface area contributed by atoms with Crippen LogP contribution < -0.4 is 10.1 Å². The number of nitrogens with zero attached hydrogens (tertiary/aromatic N) is 4. The summed E-state index contributed by atoms with van der Waals surface area (Å²) in [5.74, 6) is 1.24. The number of guanidine groups is 1. The van der Waals surface area contributed by atoms with Gasteiger partial charge in [0, 0.05) is 30.9 Å². The van der Waals surface area contributed by atoms with Crippen LogP contribution in [0.2, 0.25) is 5.02 Å². The third kappa shape index (κ3) is 4.94. The lowest BCUT2D eigenvalue weighted by Crippen LogP contribution is -2.38. The van der Waals surface area contributed by atoms with Crippen molar-refractivity contribution in [3.05, 3.63) is 77.3 Å². The molecule has 1 unspecified atom stereocenters. The predicted octanol–water partition coefficient (Wildman–Crippen LogP) is 4.72. The van der Waals surface area contributed by atoms with E-state index in [1.807, 2.05) is 66.1 Å². The zero-order valence-electron chi connectivity index (χ0n) is 19.0. The first-order valence-electron chi connectivity index (χ1n) is 11.8. The Kier molecular flexibility index (Phi) is 6.81. The summed E-state index contributed by atoms with van der Waals surface area (Å²) >= 11 is 6.75. The first-order valence-corrected chi connectivity index (χ1v) is 12.2. The molecule has 1 aromatic heterocycles. The van der Waals surface area contributed by atoms with E-state index in [1.165, 1.54) is 0 Å². The largest absolute Gasteiger partial charge is 0.492 e. The number of hydrogen-bond donors (Lipinski definition) is 1. The lowest BCUT2D eigenvalue weighted by Gasteiger charge is -2.29. The number of imidazole rings is 1. The third-order valence-corrected chi connectivity index (χ3v) is 6.74. The van der Waals surface area contributed by atoms with Gasteiger partial charge in [0.05, 0.1) is 30.2 Å². The number of aryl methyl sites for hydroxylation is 1. The summed E-state index contributed by atoms with van der Waals surface area (Å²) in [6, 6.07) is 13.5. The molecule has 8 heteroatoms. The summed E-state index contributed by atoms with van der Waals surface area (Å²) in [4.78, 5) is 23.4. The molecule has 2 aliphatic heterocycles. The van der Waals surface area contributed by atoms with Crippen molar-refractivity contribution in [2.24, 2.45) is 4.99 Å². The minimum Gasteiger partial charge on any atom is -0.492 e. The Bertz CT molecular complexity index is 1160. The van der Waals surface area contributed by atoms with Crippen molar-refractivity contribution in [1.29, 1.82) is 0 Å². The van der Waals surface area contributed by atoms with E-state index in [0.717, 1.165) is 49.0 Å². The number of aliphatic imine (C=N–C) groups is 1. The van der Waals surface area contributed by atoms with Gasteiger partial charge < -0.3 is 14.2 Å². The molecule has 1 amide bonds. The van der Waals surface area contributed by atoms with Crippen LogP contribution in [0.5, 0.6) is 5.75 Å². The average molecular weight is 478 g/mol. The number of ether oxygens (including phenoxy) is 1. The number of nitrogens with one attached hydrogen (secondary N) is 1. The molecular formula is C26H28ClN5O2. The van der Waals surface area contributed by atoms with Crippen LogP contribution in [0.25, 0.3) is 0 Å². The number of carbonyl (C=O) groups is 1. The minimum absolute atomic E-state index is 0.0314. The summed E-state index contributed by atoms with van der Waals surface area (Å²) in [6.45, 7) is 2.15. The highest BCUT2D eigenvalue weighted by Gasteiger charge is 2.39. The second kappa shape index (κ2) is 10.3. The van der Waals surface area contributed by atoms with Crippen molar-refractivity contribution in [2.75, 3.05) is 6.61 Å². The van der Waals surface area contributed by atoms with E-state index in [0.29, 0.717) is 36.3 Å². The summed E-state index contributed by atoms with van der Waals surface area (Å²) < 4.78 is 8.12. The molecule has 2 aromatic carbocycles. The van der Waals surface area contributed by atoms with Crippen LogP contribution in [0.1, 0.15) is 36.8 Å². The maximum Gasteiger partial charge on any atom is 0.249 e. The molecule has 5 rings (SSSR count). The molecule has 0 bridgehead atoms. The lowest BCUT2D eigenvalue weighted by molar-refractivity contribution is -0.121. The van der Waals surface area contributed by atoms with Crippen LogP contribution in [0.4, 0.5) is 5.69 Å². The van der Waals surface area contributed by atoms with Crippen molar-refractivity contribution in [3.8, 4) is 5.75 Å². The van der Waals surface area contributed by atoms with Gasteiger partial charge in [-0.3, -0.25) is 10.1 Å². The van der Waals surface area contributed by atoms with Gasteiger partial charge in [0.1, 0.15) is 11.8 Å². The van der Waals surface area contributed by atoms with Gasteiger partial charge in [-0.25, -0.2) is 9.98 Å². The van der Waals surface area contributed by atoms with E-state index in [4.69, 9.17) is 16.3 Å². The molecule has 1 fully saturated rings. The number of benzene rings is 2. The fourth-order valence-corrected chi connectivity index (χ4v) is 4.74. The predicted molar refractivity (Wildman–Crippen MR) is 132 cm³/mol. The van der Waals surface area contributed by atoms with Crippen molar-refractivity contribution in [1.82, 2.24) is 19.8 Å². The first kappa shape index (κ1) is 22.5. The van der Waals surface area contributed by atoms with Crippen molar-refractivity contribution >= 4 is 29.2 Å². The normalized spacial score (nSPS) is 16.6. The molecule has 1 saturated heterocycles. The molecule has 0 radical (unpaired) electrons. The Morgan fingerprint density at radius 2 is 1.94 bits per heavy atom. The minimum atomic E-state index is -0.308. The maximum atomic E-state index is 12.7. The second-order valence-electron chi connectivity index (χ2n) is 8.70. The SMILES string of the molecule is O=C1NC2=Nc3ccc(OCCCCCCn4ccnc4)c(Cl)c3CN2C1Cc1ccccc1. The van der Waals surface area contributed by atoms with Gasteiger partial charge in [-0.1, -0.05) is 54.8 Å². The van der Waals surface area contributed by atoms with Gasteiger partial charge >= 0.3 is 0 Å². The molecule has 3 aromatic rings. The quantitative estimate of drug-likeness (QED) is 0.429. The number of hydrogen-bond acceptors (Lipinski definition) is 5. The molecule has 176 valence electrons. The van der Waals surface area contributed by atoms with E-state index in [-0.39, 0.29) is 11.9 Å².